The first-order valence-corrected chi connectivity index (χ1v) is 9.46. The Kier molecular flexibility index (Phi) is 4.93. The predicted octanol–water partition coefficient (Wildman–Crippen LogP) is 2.68. The molecule has 26 heavy (non-hydrogen) atoms. The van der Waals surface area contributed by atoms with Gasteiger partial charge in [-0.05, 0) is 55.5 Å². The van der Waals surface area contributed by atoms with Crippen molar-refractivity contribution in [3.8, 4) is 5.75 Å². The maximum absolute atomic E-state index is 12.8. The van der Waals surface area contributed by atoms with Crippen molar-refractivity contribution in [3.63, 3.8) is 0 Å². The number of anilines is 1. The van der Waals surface area contributed by atoms with Crippen LogP contribution in [0.3, 0.4) is 0 Å². The predicted molar refractivity (Wildman–Crippen MR) is 100 cm³/mol. The quantitative estimate of drug-likeness (QED) is 0.866. The number of carbonyl (C=O) groups is 1. The molecule has 1 aliphatic heterocycles. The number of ether oxygens (including phenoxy) is 1. The Bertz CT molecular complexity index is 749. The molecule has 6 nitrogen and oxygen atoms in total. The standard InChI is InChI=1S/C20H26N4O2/c1-24-13-14(10-22-24)18-11-21-12-19(18)20(25)23-15-6-8-17(9-7-15)26-16-4-2-3-5-16/h6-10,13,16,18-19,21H,2-5,11-12H2,1H3,(H,23,25)/t18-,19+/m1/s1. The van der Waals surface area contributed by atoms with Gasteiger partial charge in [0.15, 0.2) is 0 Å². The van der Waals surface area contributed by atoms with Crippen molar-refractivity contribution in [2.24, 2.45) is 13.0 Å². The molecule has 4 rings (SSSR count). The highest BCUT2D eigenvalue weighted by molar-refractivity contribution is 5.93. The molecule has 0 bridgehead atoms. The smallest absolute Gasteiger partial charge is 0.229 e. The fraction of sp³-hybridized carbons (Fsp3) is 0.500. The summed E-state index contributed by atoms with van der Waals surface area (Å²) in [5.41, 5.74) is 1.92. The monoisotopic (exact) mass is 354 g/mol. The van der Waals surface area contributed by atoms with E-state index in [0.29, 0.717) is 12.6 Å². The fourth-order valence-corrected chi connectivity index (χ4v) is 3.99. The van der Waals surface area contributed by atoms with Crippen LogP contribution in [-0.2, 0) is 11.8 Å². The van der Waals surface area contributed by atoms with Gasteiger partial charge in [-0.25, -0.2) is 0 Å². The van der Waals surface area contributed by atoms with Crippen LogP contribution in [-0.4, -0.2) is 34.9 Å². The third-order valence-electron chi connectivity index (χ3n) is 5.43. The highest BCUT2D eigenvalue weighted by Crippen LogP contribution is 2.29. The molecule has 2 aliphatic rings. The lowest BCUT2D eigenvalue weighted by Gasteiger charge is -2.17. The van der Waals surface area contributed by atoms with Gasteiger partial charge in [-0.2, -0.15) is 5.10 Å². The van der Waals surface area contributed by atoms with E-state index in [1.807, 2.05) is 43.7 Å². The van der Waals surface area contributed by atoms with Gasteiger partial charge in [0.25, 0.3) is 0 Å². The van der Waals surface area contributed by atoms with Gasteiger partial charge in [-0.3, -0.25) is 9.48 Å². The zero-order valence-electron chi connectivity index (χ0n) is 15.1. The molecule has 1 saturated carbocycles. The first-order chi connectivity index (χ1) is 12.7. The molecule has 1 aromatic carbocycles. The number of hydrogen-bond acceptors (Lipinski definition) is 4. The molecular weight excluding hydrogens is 328 g/mol. The third kappa shape index (κ3) is 3.75. The Hall–Kier alpha value is -2.34. The Balaban J connectivity index is 1.37. The van der Waals surface area contributed by atoms with Crippen molar-refractivity contribution in [2.45, 2.75) is 37.7 Å². The molecule has 6 heteroatoms. The van der Waals surface area contributed by atoms with Gasteiger partial charge in [-0.15, -0.1) is 0 Å². The molecule has 1 aliphatic carbocycles. The fourth-order valence-electron chi connectivity index (χ4n) is 3.99. The molecular formula is C20H26N4O2. The van der Waals surface area contributed by atoms with Gasteiger partial charge in [0, 0.05) is 37.9 Å². The molecule has 2 aromatic rings. The topological polar surface area (TPSA) is 68.2 Å². The largest absolute Gasteiger partial charge is 0.490 e. The number of aryl methyl sites for hydroxylation is 1. The third-order valence-corrected chi connectivity index (χ3v) is 5.43. The minimum atomic E-state index is -0.0892. The summed E-state index contributed by atoms with van der Waals surface area (Å²) < 4.78 is 7.76. The number of aromatic nitrogens is 2. The molecule has 2 heterocycles. The molecule has 138 valence electrons. The van der Waals surface area contributed by atoms with E-state index in [2.05, 4.69) is 15.7 Å². The van der Waals surface area contributed by atoms with Crippen molar-refractivity contribution >= 4 is 11.6 Å². The molecule has 1 aromatic heterocycles. The Labute approximate surface area is 153 Å². The van der Waals surface area contributed by atoms with Gasteiger partial charge in [0.2, 0.25) is 5.91 Å². The van der Waals surface area contributed by atoms with Crippen LogP contribution in [0.5, 0.6) is 5.75 Å². The van der Waals surface area contributed by atoms with E-state index >= 15 is 0 Å². The second-order valence-corrected chi connectivity index (χ2v) is 7.36. The summed E-state index contributed by atoms with van der Waals surface area (Å²) in [4.78, 5) is 12.8. The van der Waals surface area contributed by atoms with E-state index in [1.165, 1.54) is 12.8 Å². The van der Waals surface area contributed by atoms with Gasteiger partial charge in [0.05, 0.1) is 18.2 Å². The van der Waals surface area contributed by atoms with Crippen molar-refractivity contribution in [1.29, 1.82) is 0 Å². The summed E-state index contributed by atoms with van der Waals surface area (Å²) in [6.45, 7) is 1.49. The summed E-state index contributed by atoms with van der Waals surface area (Å²) in [6, 6.07) is 7.73. The van der Waals surface area contributed by atoms with Crippen LogP contribution in [0.1, 0.15) is 37.2 Å². The number of nitrogens with zero attached hydrogens (tertiary/aromatic N) is 2. The van der Waals surface area contributed by atoms with Crippen molar-refractivity contribution in [3.05, 3.63) is 42.2 Å². The zero-order chi connectivity index (χ0) is 17.9. The summed E-state index contributed by atoms with van der Waals surface area (Å²) in [6.07, 6.45) is 8.99. The summed E-state index contributed by atoms with van der Waals surface area (Å²) in [5.74, 6) is 1.00. The van der Waals surface area contributed by atoms with Crippen LogP contribution < -0.4 is 15.4 Å². The Morgan fingerprint density at radius 2 is 2.00 bits per heavy atom. The first kappa shape index (κ1) is 17.1. The number of nitrogens with one attached hydrogen (secondary N) is 2. The van der Waals surface area contributed by atoms with Crippen molar-refractivity contribution in [2.75, 3.05) is 18.4 Å². The van der Waals surface area contributed by atoms with Gasteiger partial charge in [-0.1, -0.05) is 0 Å². The molecule has 2 N–H and O–H groups in total. The maximum Gasteiger partial charge on any atom is 0.229 e. The molecule has 0 radical (unpaired) electrons. The molecule has 2 atom stereocenters. The number of carbonyl (C=O) groups excluding carboxylic acids is 1. The van der Waals surface area contributed by atoms with Gasteiger partial charge < -0.3 is 15.4 Å². The average molecular weight is 354 g/mol. The SMILES string of the molecule is Cn1cc([C@H]2CNC[C@@H]2C(=O)Nc2ccc(OC3CCCC3)cc2)cn1. The molecule has 1 amide bonds. The number of rotatable bonds is 5. The van der Waals surface area contributed by atoms with Crippen LogP contribution in [0.2, 0.25) is 0 Å². The summed E-state index contributed by atoms with van der Waals surface area (Å²) in [7, 11) is 1.90. The highest BCUT2D eigenvalue weighted by Gasteiger charge is 2.34. The van der Waals surface area contributed by atoms with Crippen LogP contribution in [0, 0.1) is 5.92 Å². The van der Waals surface area contributed by atoms with Crippen molar-refractivity contribution in [1.82, 2.24) is 15.1 Å². The van der Waals surface area contributed by atoms with E-state index in [0.717, 1.165) is 36.4 Å². The summed E-state index contributed by atoms with van der Waals surface area (Å²) in [5, 5.41) is 10.6. The average Bonchev–Trinajstić information content (AvgIpc) is 3.37. The van der Waals surface area contributed by atoms with E-state index in [9.17, 15) is 4.79 Å². The molecule has 0 spiro atoms. The van der Waals surface area contributed by atoms with Crippen molar-refractivity contribution < 1.29 is 9.53 Å². The second-order valence-electron chi connectivity index (χ2n) is 7.36. The van der Waals surface area contributed by atoms with Gasteiger partial charge >= 0.3 is 0 Å². The van der Waals surface area contributed by atoms with E-state index in [-0.39, 0.29) is 17.7 Å². The zero-order valence-corrected chi connectivity index (χ0v) is 15.1. The molecule has 2 fully saturated rings. The normalized spacial score (nSPS) is 23.3. The highest BCUT2D eigenvalue weighted by atomic mass is 16.5. The lowest BCUT2D eigenvalue weighted by Crippen LogP contribution is -2.28. The number of amides is 1. The van der Waals surface area contributed by atoms with Gasteiger partial charge in [0.1, 0.15) is 5.75 Å². The second kappa shape index (κ2) is 7.50. The van der Waals surface area contributed by atoms with E-state index in [1.54, 1.807) is 4.68 Å². The van der Waals surface area contributed by atoms with E-state index in [4.69, 9.17) is 4.74 Å². The maximum atomic E-state index is 12.8. The lowest BCUT2D eigenvalue weighted by molar-refractivity contribution is -0.119. The molecule has 0 unspecified atom stereocenters. The van der Waals surface area contributed by atoms with Crippen LogP contribution in [0.15, 0.2) is 36.7 Å². The molecule has 1 saturated heterocycles. The number of hydrogen-bond donors (Lipinski definition) is 2. The van der Waals surface area contributed by atoms with E-state index < -0.39 is 0 Å². The van der Waals surface area contributed by atoms with Crippen LogP contribution in [0.4, 0.5) is 5.69 Å². The van der Waals surface area contributed by atoms with Crippen LogP contribution in [0.25, 0.3) is 0 Å². The Morgan fingerprint density at radius 1 is 1.23 bits per heavy atom. The number of benzene rings is 1. The minimum absolute atomic E-state index is 0.0494. The first-order valence-electron chi connectivity index (χ1n) is 9.46. The summed E-state index contributed by atoms with van der Waals surface area (Å²) >= 11 is 0. The van der Waals surface area contributed by atoms with Crippen LogP contribution >= 0.6 is 0 Å². The minimum Gasteiger partial charge on any atom is -0.490 e. The Morgan fingerprint density at radius 3 is 2.69 bits per heavy atom. The lowest BCUT2D eigenvalue weighted by atomic mass is 9.90.